The van der Waals surface area contributed by atoms with Crippen LogP contribution in [0.25, 0.3) is 0 Å². The van der Waals surface area contributed by atoms with Gasteiger partial charge >= 0.3 is 0 Å². The van der Waals surface area contributed by atoms with Crippen molar-refractivity contribution in [2.75, 3.05) is 26.7 Å². The Morgan fingerprint density at radius 1 is 1.50 bits per heavy atom. The van der Waals surface area contributed by atoms with Crippen LogP contribution in [0, 0.1) is 12.7 Å². The van der Waals surface area contributed by atoms with Crippen LogP contribution in [-0.4, -0.2) is 43.5 Å². The van der Waals surface area contributed by atoms with Gasteiger partial charge in [-0.2, -0.15) is 0 Å². The Morgan fingerprint density at radius 2 is 2.30 bits per heavy atom. The van der Waals surface area contributed by atoms with Crippen LogP contribution in [-0.2, 0) is 11.3 Å². The first-order chi connectivity index (χ1) is 9.58. The molecule has 0 aromatic heterocycles. The molecule has 1 fully saturated rings. The number of likely N-dealkylation sites (N-methyl/N-ethyl adjacent to an activating group) is 1. The Balaban J connectivity index is 1.76. The summed E-state index contributed by atoms with van der Waals surface area (Å²) in [4.78, 5) is 14.0. The van der Waals surface area contributed by atoms with Gasteiger partial charge in [0, 0.05) is 25.7 Å². The molecular formula is C15H22FN3O. The smallest absolute Gasteiger partial charge is 0.234 e. The van der Waals surface area contributed by atoms with Crippen LogP contribution in [0.15, 0.2) is 18.2 Å². The maximum Gasteiger partial charge on any atom is 0.234 e. The number of carbonyl (C=O) groups excluding carboxylic acids is 1. The van der Waals surface area contributed by atoms with Gasteiger partial charge in [0.25, 0.3) is 0 Å². The van der Waals surface area contributed by atoms with Crippen LogP contribution < -0.4 is 10.6 Å². The van der Waals surface area contributed by atoms with E-state index in [1.807, 2.05) is 7.05 Å². The van der Waals surface area contributed by atoms with Gasteiger partial charge in [0.1, 0.15) is 5.82 Å². The zero-order valence-corrected chi connectivity index (χ0v) is 12.1. The Morgan fingerprint density at radius 3 is 2.95 bits per heavy atom. The zero-order valence-electron chi connectivity index (χ0n) is 12.1. The molecule has 20 heavy (non-hydrogen) atoms. The van der Waals surface area contributed by atoms with Gasteiger partial charge in [-0.05, 0) is 37.6 Å². The molecule has 0 radical (unpaired) electrons. The molecular weight excluding hydrogens is 257 g/mol. The summed E-state index contributed by atoms with van der Waals surface area (Å²) in [6.45, 7) is 4.47. The third-order valence-electron chi connectivity index (χ3n) is 3.76. The van der Waals surface area contributed by atoms with Gasteiger partial charge in [0.15, 0.2) is 0 Å². The summed E-state index contributed by atoms with van der Waals surface area (Å²) in [6.07, 6.45) is 1.08. The second-order valence-electron chi connectivity index (χ2n) is 5.37. The number of likely N-dealkylation sites (tertiary alicyclic amines) is 1. The van der Waals surface area contributed by atoms with Crippen molar-refractivity contribution >= 4 is 5.91 Å². The molecule has 0 aliphatic carbocycles. The highest BCUT2D eigenvalue weighted by Crippen LogP contribution is 2.10. The molecule has 0 spiro atoms. The maximum atomic E-state index is 13.1. The molecule has 110 valence electrons. The summed E-state index contributed by atoms with van der Waals surface area (Å²) in [5.74, 6) is -0.195. The van der Waals surface area contributed by atoms with Crippen LogP contribution in [0.3, 0.4) is 0 Å². The van der Waals surface area contributed by atoms with E-state index in [4.69, 9.17) is 0 Å². The standard InChI is InChI=1S/C15H22FN3O/c1-11-7-12(3-4-14(11)16)8-18-15(20)10-19-6-5-13(9-19)17-2/h3-4,7,13,17H,5-6,8-10H2,1-2H3,(H,18,20). The average molecular weight is 279 g/mol. The second kappa shape index (κ2) is 6.81. The lowest BCUT2D eigenvalue weighted by molar-refractivity contribution is -0.122. The fraction of sp³-hybridized carbons (Fsp3) is 0.533. The van der Waals surface area contributed by atoms with Gasteiger partial charge in [-0.1, -0.05) is 12.1 Å². The minimum absolute atomic E-state index is 0.0173. The minimum Gasteiger partial charge on any atom is -0.351 e. The number of nitrogens with one attached hydrogen (secondary N) is 2. The first kappa shape index (κ1) is 14.9. The van der Waals surface area contributed by atoms with Gasteiger partial charge < -0.3 is 10.6 Å². The lowest BCUT2D eigenvalue weighted by atomic mass is 10.1. The van der Waals surface area contributed by atoms with Gasteiger partial charge in [0.05, 0.1) is 6.54 Å². The first-order valence-corrected chi connectivity index (χ1v) is 7.00. The molecule has 0 bridgehead atoms. The largest absolute Gasteiger partial charge is 0.351 e. The number of hydrogen-bond acceptors (Lipinski definition) is 3. The number of rotatable bonds is 5. The van der Waals surface area contributed by atoms with Crippen LogP contribution in [0.5, 0.6) is 0 Å². The van der Waals surface area contributed by atoms with E-state index < -0.39 is 0 Å². The lowest BCUT2D eigenvalue weighted by Gasteiger charge is -2.15. The molecule has 1 atom stereocenters. The van der Waals surface area contributed by atoms with Crippen molar-refractivity contribution < 1.29 is 9.18 Å². The number of halogens is 1. The van der Waals surface area contributed by atoms with E-state index in [1.165, 1.54) is 6.07 Å². The number of nitrogens with zero attached hydrogens (tertiary/aromatic N) is 1. The third-order valence-corrected chi connectivity index (χ3v) is 3.76. The highest BCUT2D eigenvalue weighted by atomic mass is 19.1. The molecule has 1 saturated heterocycles. The van der Waals surface area contributed by atoms with Crippen LogP contribution in [0.4, 0.5) is 4.39 Å². The van der Waals surface area contributed by atoms with Crippen molar-refractivity contribution in [3.63, 3.8) is 0 Å². The quantitative estimate of drug-likeness (QED) is 0.846. The Hall–Kier alpha value is -1.46. The van der Waals surface area contributed by atoms with Gasteiger partial charge in [-0.3, -0.25) is 9.69 Å². The molecule has 1 aromatic rings. The Bertz CT molecular complexity index is 478. The summed E-state index contributed by atoms with van der Waals surface area (Å²) in [6, 6.07) is 5.40. The fourth-order valence-corrected chi connectivity index (χ4v) is 2.49. The monoisotopic (exact) mass is 279 g/mol. The van der Waals surface area contributed by atoms with E-state index >= 15 is 0 Å². The second-order valence-corrected chi connectivity index (χ2v) is 5.37. The predicted octanol–water partition coefficient (Wildman–Crippen LogP) is 1.04. The molecule has 1 amide bonds. The molecule has 1 aliphatic heterocycles. The number of aryl methyl sites for hydroxylation is 1. The van der Waals surface area contributed by atoms with Crippen LogP contribution in [0.1, 0.15) is 17.5 Å². The first-order valence-electron chi connectivity index (χ1n) is 7.00. The summed E-state index contributed by atoms with van der Waals surface area (Å²) < 4.78 is 13.1. The highest BCUT2D eigenvalue weighted by molar-refractivity contribution is 5.78. The average Bonchev–Trinajstić information content (AvgIpc) is 2.88. The van der Waals surface area contributed by atoms with Crippen LogP contribution >= 0.6 is 0 Å². The Labute approximate surface area is 119 Å². The van der Waals surface area contributed by atoms with Gasteiger partial charge in [0.2, 0.25) is 5.91 Å². The normalized spacial score (nSPS) is 19.2. The van der Waals surface area contributed by atoms with Crippen molar-refractivity contribution in [2.45, 2.75) is 25.9 Å². The fourth-order valence-electron chi connectivity index (χ4n) is 2.49. The third kappa shape index (κ3) is 4.02. The molecule has 5 heteroatoms. The summed E-state index contributed by atoms with van der Waals surface area (Å²) in [7, 11) is 1.95. The molecule has 0 saturated carbocycles. The molecule has 2 N–H and O–H groups in total. The minimum atomic E-state index is -0.213. The molecule has 2 rings (SSSR count). The summed E-state index contributed by atoms with van der Waals surface area (Å²) in [5.41, 5.74) is 1.53. The van der Waals surface area contributed by atoms with Crippen molar-refractivity contribution in [1.29, 1.82) is 0 Å². The van der Waals surface area contributed by atoms with E-state index in [1.54, 1.807) is 19.1 Å². The van der Waals surface area contributed by atoms with E-state index in [2.05, 4.69) is 15.5 Å². The summed E-state index contributed by atoms with van der Waals surface area (Å²) >= 11 is 0. The van der Waals surface area contributed by atoms with E-state index in [-0.39, 0.29) is 11.7 Å². The molecule has 1 aliphatic rings. The van der Waals surface area contributed by atoms with Crippen molar-refractivity contribution in [3.8, 4) is 0 Å². The SMILES string of the molecule is CNC1CCN(CC(=O)NCc2ccc(F)c(C)c2)C1. The predicted molar refractivity (Wildman–Crippen MR) is 76.9 cm³/mol. The van der Waals surface area contributed by atoms with E-state index in [0.717, 1.165) is 25.1 Å². The van der Waals surface area contributed by atoms with Crippen molar-refractivity contribution in [3.05, 3.63) is 35.1 Å². The topological polar surface area (TPSA) is 44.4 Å². The van der Waals surface area contributed by atoms with Crippen molar-refractivity contribution in [1.82, 2.24) is 15.5 Å². The van der Waals surface area contributed by atoms with E-state index in [0.29, 0.717) is 24.7 Å². The molecule has 1 aromatic carbocycles. The number of amides is 1. The number of carbonyl (C=O) groups is 1. The zero-order chi connectivity index (χ0) is 14.5. The summed E-state index contributed by atoms with van der Waals surface area (Å²) in [5, 5.41) is 6.11. The van der Waals surface area contributed by atoms with Gasteiger partial charge in [-0.25, -0.2) is 4.39 Å². The highest BCUT2D eigenvalue weighted by Gasteiger charge is 2.22. The molecule has 1 heterocycles. The maximum absolute atomic E-state index is 13.1. The molecule has 4 nitrogen and oxygen atoms in total. The Kier molecular flexibility index (Phi) is 5.09. The van der Waals surface area contributed by atoms with Crippen LogP contribution in [0.2, 0.25) is 0 Å². The van der Waals surface area contributed by atoms with Crippen molar-refractivity contribution in [2.24, 2.45) is 0 Å². The lowest BCUT2D eigenvalue weighted by Crippen LogP contribution is -2.37. The van der Waals surface area contributed by atoms with E-state index in [9.17, 15) is 9.18 Å². The number of hydrogen-bond donors (Lipinski definition) is 2. The van der Waals surface area contributed by atoms with Gasteiger partial charge in [-0.15, -0.1) is 0 Å². The number of benzene rings is 1. The molecule has 1 unspecified atom stereocenters.